The number of nitrogens with zero attached hydrogens (tertiary/aromatic N) is 2. The van der Waals surface area contributed by atoms with Crippen LogP contribution in [0.15, 0.2) is 58.5 Å². The van der Waals surface area contributed by atoms with Gasteiger partial charge in [0.15, 0.2) is 11.5 Å². The van der Waals surface area contributed by atoms with E-state index in [2.05, 4.69) is 20.7 Å². The van der Waals surface area contributed by atoms with Crippen molar-refractivity contribution in [3.63, 3.8) is 0 Å². The predicted octanol–water partition coefficient (Wildman–Crippen LogP) is 3.58. The van der Waals surface area contributed by atoms with Crippen molar-refractivity contribution >= 4 is 23.9 Å². The summed E-state index contributed by atoms with van der Waals surface area (Å²) in [5.74, 6) is 0.835. The van der Waals surface area contributed by atoms with Crippen molar-refractivity contribution < 1.29 is 14.3 Å². The fourth-order valence-corrected chi connectivity index (χ4v) is 2.91. The Morgan fingerprint density at radius 1 is 1.11 bits per heavy atom. The first-order valence-electron chi connectivity index (χ1n) is 8.40. The Balaban J connectivity index is 1.67. The van der Waals surface area contributed by atoms with Gasteiger partial charge in [0.1, 0.15) is 5.69 Å². The number of hydrogen-bond donors (Lipinski definition) is 2. The number of aromatic amines is 1. The van der Waals surface area contributed by atoms with Crippen molar-refractivity contribution in [2.24, 2.45) is 5.10 Å². The summed E-state index contributed by atoms with van der Waals surface area (Å²) in [4.78, 5) is 13.4. The van der Waals surface area contributed by atoms with E-state index in [0.29, 0.717) is 22.9 Å². The lowest BCUT2D eigenvalue weighted by Crippen LogP contribution is -2.17. The minimum Gasteiger partial charge on any atom is -0.493 e. The minimum atomic E-state index is -0.379. The van der Waals surface area contributed by atoms with Crippen LogP contribution in [0.1, 0.15) is 16.1 Å². The number of amides is 1. The van der Waals surface area contributed by atoms with Crippen LogP contribution in [0, 0.1) is 0 Å². The maximum absolute atomic E-state index is 12.3. The minimum absolute atomic E-state index is 0.305. The number of hydrazone groups is 1. The van der Waals surface area contributed by atoms with E-state index in [-0.39, 0.29) is 5.91 Å². The molecule has 0 aliphatic heterocycles. The number of hydrogen-bond acceptors (Lipinski definition) is 6. The summed E-state index contributed by atoms with van der Waals surface area (Å²) in [6, 6.07) is 15.0. The lowest BCUT2D eigenvalue weighted by Gasteiger charge is -2.08. The molecule has 7 nitrogen and oxygen atoms in total. The van der Waals surface area contributed by atoms with Crippen LogP contribution in [-0.2, 0) is 0 Å². The molecule has 0 aliphatic rings. The maximum atomic E-state index is 12.3. The standard InChI is InChI=1S/C20H20N4O3S/c1-26-18-9-6-14(10-19(18)27-2)16-11-17(23-22-16)20(25)24-21-12-13-4-7-15(28-3)8-5-13/h4-12H,1-3H3,(H,22,23)(H,24,25)/b21-12+. The first kappa shape index (κ1) is 19.5. The quantitative estimate of drug-likeness (QED) is 0.362. The van der Waals surface area contributed by atoms with Gasteiger partial charge in [0.2, 0.25) is 0 Å². The van der Waals surface area contributed by atoms with Crippen LogP contribution in [-0.4, -0.2) is 42.8 Å². The zero-order valence-electron chi connectivity index (χ0n) is 15.7. The monoisotopic (exact) mass is 396 g/mol. The Kier molecular flexibility index (Phi) is 6.33. The van der Waals surface area contributed by atoms with Crippen LogP contribution in [0.2, 0.25) is 0 Å². The van der Waals surface area contributed by atoms with Gasteiger partial charge in [0, 0.05) is 10.5 Å². The van der Waals surface area contributed by atoms with E-state index < -0.39 is 0 Å². The Morgan fingerprint density at radius 2 is 1.86 bits per heavy atom. The summed E-state index contributed by atoms with van der Waals surface area (Å²) in [5, 5.41) is 10.9. The highest BCUT2D eigenvalue weighted by Crippen LogP contribution is 2.31. The molecule has 144 valence electrons. The van der Waals surface area contributed by atoms with Crippen LogP contribution in [0.5, 0.6) is 11.5 Å². The summed E-state index contributed by atoms with van der Waals surface area (Å²) in [7, 11) is 3.14. The van der Waals surface area contributed by atoms with Gasteiger partial charge in [-0.25, -0.2) is 5.43 Å². The fraction of sp³-hybridized carbons (Fsp3) is 0.150. The molecule has 3 rings (SSSR count). The Bertz CT molecular complexity index is 983. The smallest absolute Gasteiger partial charge is 0.289 e. The van der Waals surface area contributed by atoms with Gasteiger partial charge in [0.25, 0.3) is 5.91 Å². The van der Waals surface area contributed by atoms with Crippen LogP contribution in [0.25, 0.3) is 11.3 Å². The lowest BCUT2D eigenvalue weighted by atomic mass is 10.1. The number of H-pyrrole nitrogens is 1. The number of carbonyl (C=O) groups is 1. The van der Waals surface area contributed by atoms with Crippen molar-refractivity contribution in [2.45, 2.75) is 4.90 Å². The summed E-state index contributed by atoms with van der Waals surface area (Å²) >= 11 is 1.67. The third-order valence-corrected chi connectivity index (χ3v) is 4.74. The molecule has 8 heteroatoms. The van der Waals surface area contributed by atoms with E-state index in [1.807, 2.05) is 36.6 Å². The Hall–Kier alpha value is -3.26. The summed E-state index contributed by atoms with van der Waals surface area (Å²) in [6.07, 6.45) is 3.61. The van der Waals surface area contributed by atoms with E-state index in [1.165, 1.54) is 4.90 Å². The summed E-state index contributed by atoms with van der Waals surface area (Å²) < 4.78 is 10.5. The molecule has 0 unspecified atom stereocenters. The van der Waals surface area contributed by atoms with E-state index in [9.17, 15) is 4.79 Å². The molecule has 0 spiro atoms. The molecule has 1 amide bonds. The molecule has 3 aromatic rings. The topological polar surface area (TPSA) is 88.6 Å². The molecule has 0 atom stereocenters. The average molecular weight is 396 g/mol. The van der Waals surface area contributed by atoms with E-state index >= 15 is 0 Å². The van der Waals surface area contributed by atoms with Gasteiger partial charge in [-0.3, -0.25) is 9.89 Å². The molecule has 28 heavy (non-hydrogen) atoms. The van der Waals surface area contributed by atoms with E-state index in [1.54, 1.807) is 50.4 Å². The first-order valence-corrected chi connectivity index (χ1v) is 9.62. The molecule has 1 heterocycles. The zero-order chi connectivity index (χ0) is 19.9. The van der Waals surface area contributed by atoms with Crippen LogP contribution < -0.4 is 14.9 Å². The van der Waals surface area contributed by atoms with E-state index in [4.69, 9.17) is 9.47 Å². The summed E-state index contributed by atoms with van der Waals surface area (Å²) in [6.45, 7) is 0. The van der Waals surface area contributed by atoms with Crippen LogP contribution >= 0.6 is 11.8 Å². The molecular formula is C20H20N4O3S. The van der Waals surface area contributed by atoms with Gasteiger partial charge in [-0.15, -0.1) is 11.8 Å². The van der Waals surface area contributed by atoms with Crippen LogP contribution in [0.4, 0.5) is 0 Å². The summed E-state index contributed by atoms with van der Waals surface area (Å²) in [5.41, 5.74) is 5.10. The second kappa shape index (κ2) is 9.09. The molecule has 2 aromatic carbocycles. The van der Waals surface area contributed by atoms with Crippen molar-refractivity contribution in [3.05, 3.63) is 59.8 Å². The number of thioether (sulfide) groups is 1. The molecule has 0 saturated heterocycles. The molecule has 0 aliphatic carbocycles. The van der Waals surface area contributed by atoms with Gasteiger partial charge in [-0.2, -0.15) is 10.2 Å². The number of methoxy groups -OCH3 is 2. The maximum Gasteiger partial charge on any atom is 0.289 e. The predicted molar refractivity (Wildman–Crippen MR) is 110 cm³/mol. The lowest BCUT2D eigenvalue weighted by molar-refractivity contribution is 0.0950. The molecule has 2 N–H and O–H groups in total. The van der Waals surface area contributed by atoms with Crippen molar-refractivity contribution in [3.8, 4) is 22.8 Å². The number of nitrogens with one attached hydrogen (secondary N) is 2. The average Bonchev–Trinajstić information content (AvgIpc) is 3.24. The Labute approximate surface area is 167 Å². The normalized spacial score (nSPS) is 10.8. The second-order valence-corrected chi connectivity index (χ2v) is 6.59. The number of aromatic nitrogens is 2. The molecule has 0 fully saturated rings. The van der Waals surface area contributed by atoms with Crippen molar-refractivity contribution in [1.29, 1.82) is 0 Å². The Morgan fingerprint density at radius 3 is 2.54 bits per heavy atom. The number of benzene rings is 2. The molecule has 0 radical (unpaired) electrons. The molecule has 1 aromatic heterocycles. The molecule has 0 bridgehead atoms. The van der Waals surface area contributed by atoms with E-state index in [0.717, 1.165) is 11.1 Å². The molecule has 0 saturated carbocycles. The molecular weight excluding hydrogens is 376 g/mol. The third kappa shape index (κ3) is 4.52. The van der Waals surface area contributed by atoms with Gasteiger partial charge >= 0.3 is 0 Å². The van der Waals surface area contributed by atoms with Crippen LogP contribution in [0.3, 0.4) is 0 Å². The highest BCUT2D eigenvalue weighted by molar-refractivity contribution is 7.98. The fourth-order valence-electron chi connectivity index (χ4n) is 2.50. The van der Waals surface area contributed by atoms with Crippen molar-refractivity contribution in [2.75, 3.05) is 20.5 Å². The zero-order valence-corrected chi connectivity index (χ0v) is 16.5. The SMILES string of the molecule is COc1ccc(-c2cc(C(=O)N/N=C/c3ccc(SC)cc3)[nH]n2)cc1OC. The number of ether oxygens (including phenoxy) is 2. The van der Waals surface area contributed by atoms with Gasteiger partial charge in [-0.05, 0) is 48.2 Å². The second-order valence-electron chi connectivity index (χ2n) is 5.71. The third-order valence-electron chi connectivity index (χ3n) is 4.00. The van der Waals surface area contributed by atoms with Gasteiger partial charge in [-0.1, -0.05) is 12.1 Å². The van der Waals surface area contributed by atoms with Gasteiger partial charge in [0.05, 0.1) is 26.1 Å². The first-order chi connectivity index (χ1) is 13.6. The highest BCUT2D eigenvalue weighted by Gasteiger charge is 2.12. The van der Waals surface area contributed by atoms with Crippen molar-refractivity contribution in [1.82, 2.24) is 15.6 Å². The van der Waals surface area contributed by atoms with Gasteiger partial charge < -0.3 is 9.47 Å². The largest absolute Gasteiger partial charge is 0.493 e. The number of rotatable bonds is 7. The number of carbonyl (C=O) groups excluding carboxylic acids is 1. The highest BCUT2D eigenvalue weighted by atomic mass is 32.2.